The maximum atomic E-state index is 14.2. The number of ketones is 2. The number of aliphatic hydroxyl groups excluding tert-OH is 1. The molecule has 0 aromatic heterocycles. The van der Waals surface area contributed by atoms with E-state index >= 15 is 0 Å². The zero-order valence-electron chi connectivity index (χ0n) is 29.7. The molecule has 0 aromatic carbocycles. The first-order chi connectivity index (χ1) is 23.3. The maximum absolute atomic E-state index is 14.2. The predicted molar refractivity (Wildman–Crippen MR) is 184 cm³/mol. The Morgan fingerprint density at radius 2 is 1.71 bits per heavy atom. The van der Waals surface area contributed by atoms with Gasteiger partial charge in [-0.3, -0.25) is 19.4 Å². The average molecular weight is 685 g/mol. The lowest BCUT2D eigenvalue weighted by Crippen LogP contribution is -2.38. The van der Waals surface area contributed by atoms with E-state index in [-0.39, 0.29) is 40.5 Å². The van der Waals surface area contributed by atoms with E-state index in [1.165, 1.54) is 33.6 Å². The summed E-state index contributed by atoms with van der Waals surface area (Å²) < 4.78 is 22.3. The summed E-state index contributed by atoms with van der Waals surface area (Å²) in [7, 11) is 4.26. The van der Waals surface area contributed by atoms with Crippen LogP contribution in [0.2, 0.25) is 0 Å². The van der Waals surface area contributed by atoms with Gasteiger partial charge in [-0.2, -0.15) is 5.10 Å². The van der Waals surface area contributed by atoms with Crippen LogP contribution in [-0.2, 0) is 33.3 Å². The molecule has 49 heavy (non-hydrogen) atoms. The average Bonchev–Trinajstić information content (AvgIpc) is 3.34. The number of carbonyl (C=O) groups excluding carboxylic acids is 4. The Balaban J connectivity index is 2.15. The van der Waals surface area contributed by atoms with E-state index < -0.39 is 53.9 Å². The highest BCUT2D eigenvalue weighted by atomic mass is 16.6. The van der Waals surface area contributed by atoms with Gasteiger partial charge in [-0.1, -0.05) is 51.0 Å². The van der Waals surface area contributed by atoms with Crippen molar-refractivity contribution in [2.45, 2.75) is 90.6 Å². The van der Waals surface area contributed by atoms with Crippen LogP contribution < -0.4 is 11.1 Å². The van der Waals surface area contributed by atoms with E-state index in [0.717, 1.165) is 25.7 Å². The minimum atomic E-state index is -1.01. The molecule has 270 valence electrons. The van der Waals surface area contributed by atoms with Gasteiger partial charge in [0.05, 0.1) is 31.1 Å². The molecule has 13 heteroatoms. The highest BCUT2D eigenvalue weighted by Crippen LogP contribution is 2.31. The second-order valence-corrected chi connectivity index (χ2v) is 12.9. The first-order valence-corrected chi connectivity index (χ1v) is 16.8. The molecule has 2 amide bonds. The summed E-state index contributed by atoms with van der Waals surface area (Å²) in [5, 5.41) is 20.4. The fraction of sp³-hybridized carbons (Fsp3) is 0.583. The van der Waals surface area contributed by atoms with Gasteiger partial charge in [-0.15, -0.1) is 0 Å². The minimum absolute atomic E-state index is 0.0727. The van der Waals surface area contributed by atoms with Gasteiger partial charge in [0.2, 0.25) is 11.6 Å². The molecule has 3 rings (SSSR count). The number of hydrogen-bond acceptors (Lipinski definition) is 11. The fourth-order valence-electron chi connectivity index (χ4n) is 6.30. The largest absolute Gasteiger partial charge is 0.492 e. The molecule has 0 spiro atoms. The standard InChI is InChI=1S/C36H52N4O9/c1-21-17-25-31(42)29(26(32(43)34(25)48-7)20-38-40-15-10-8-9-11-16-40)39-35(44)22(2)13-12-14-27(46-5)33(49-36(37)45)24(4)19-23(3)30(41)28(18-21)47-6/h12-14,19-21,23,27-28,30,33,41H,8-11,15-18H2,1-7H3,(H2,37,45)(H,39,44)/b14-12-,22-13+,24-19+,38-20-. The van der Waals surface area contributed by atoms with Crippen LogP contribution in [0.3, 0.4) is 0 Å². The Morgan fingerprint density at radius 3 is 2.31 bits per heavy atom. The van der Waals surface area contributed by atoms with Crippen molar-refractivity contribution in [2.75, 3.05) is 34.4 Å². The van der Waals surface area contributed by atoms with Crippen LogP contribution in [0.1, 0.15) is 66.2 Å². The number of fused-ring (bicyclic) bond motifs is 2. The number of rotatable bonds is 6. The molecule has 2 heterocycles. The second kappa shape index (κ2) is 18.6. The number of amides is 2. The number of methoxy groups -OCH3 is 3. The van der Waals surface area contributed by atoms with Crippen molar-refractivity contribution in [3.05, 3.63) is 58.1 Å². The van der Waals surface area contributed by atoms with E-state index in [0.29, 0.717) is 25.1 Å². The molecular weight excluding hydrogens is 632 g/mol. The van der Waals surface area contributed by atoms with Gasteiger partial charge in [-0.25, -0.2) is 4.79 Å². The van der Waals surface area contributed by atoms with Crippen molar-refractivity contribution in [3.8, 4) is 0 Å². The van der Waals surface area contributed by atoms with E-state index in [2.05, 4.69) is 10.4 Å². The van der Waals surface area contributed by atoms with Gasteiger partial charge < -0.3 is 35.1 Å². The number of allylic oxidation sites excluding steroid dienone is 4. The van der Waals surface area contributed by atoms with Gasteiger partial charge in [0.15, 0.2) is 11.9 Å². The van der Waals surface area contributed by atoms with Crippen molar-refractivity contribution in [1.82, 2.24) is 10.3 Å². The monoisotopic (exact) mass is 684 g/mol. The number of nitrogens with one attached hydrogen (secondary N) is 1. The molecule has 13 nitrogen and oxygen atoms in total. The summed E-state index contributed by atoms with van der Waals surface area (Å²) in [4.78, 5) is 53.5. The van der Waals surface area contributed by atoms with Crippen LogP contribution in [0.5, 0.6) is 0 Å². The van der Waals surface area contributed by atoms with Gasteiger partial charge in [0, 0.05) is 44.4 Å². The third kappa shape index (κ3) is 10.5. The van der Waals surface area contributed by atoms with Gasteiger partial charge in [0.25, 0.3) is 5.91 Å². The number of hydrogen-bond donors (Lipinski definition) is 3. The van der Waals surface area contributed by atoms with Crippen LogP contribution in [0.15, 0.2) is 63.2 Å². The minimum Gasteiger partial charge on any atom is -0.492 e. The number of primary amides is 1. The predicted octanol–water partition coefficient (Wildman–Crippen LogP) is 3.64. The van der Waals surface area contributed by atoms with Crippen molar-refractivity contribution in [1.29, 1.82) is 0 Å². The smallest absolute Gasteiger partial charge is 0.405 e. The Morgan fingerprint density at radius 1 is 1.04 bits per heavy atom. The molecule has 1 aliphatic carbocycles. The Labute approximate surface area is 288 Å². The summed E-state index contributed by atoms with van der Waals surface area (Å²) in [5.41, 5.74) is 6.05. The van der Waals surface area contributed by atoms with E-state index in [1.54, 1.807) is 39.0 Å². The van der Waals surface area contributed by atoms with Crippen LogP contribution in [0.4, 0.5) is 4.79 Å². The van der Waals surface area contributed by atoms with Crippen molar-refractivity contribution >= 4 is 29.8 Å². The molecule has 2 aliphatic heterocycles. The summed E-state index contributed by atoms with van der Waals surface area (Å²) in [6.07, 6.45) is 7.89. The number of aliphatic hydroxyl groups is 1. The van der Waals surface area contributed by atoms with Crippen molar-refractivity contribution in [3.63, 3.8) is 0 Å². The zero-order chi connectivity index (χ0) is 36.2. The van der Waals surface area contributed by atoms with Crippen LogP contribution >= 0.6 is 0 Å². The van der Waals surface area contributed by atoms with Gasteiger partial charge in [0.1, 0.15) is 11.8 Å². The molecule has 0 saturated carbocycles. The van der Waals surface area contributed by atoms with Gasteiger partial charge >= 0.3 is 6.09 Å². The molecule has 1 saturated heterocycles. The summed E-state index contributed by atoms with van der Waals surface area (Å²) in [6, 6.07) is 0. The molecule has 2 bridgehead atoms. The number of hydrazone groups is 1. The third-order valence-electron chi connectivity index (χ3n) is 9.07. The first kappa shape index (κ1) is 39.4. The molecular formula is C36H52N4O9. The Bertz CT molecular complexity index is 1420. The summed E-state index contributed by atoms with van der Waals surface area (Å²) in [5.74, 6) is -2.57. The number of nitrogens with zero attached hydrogens (tertiary/aromatic N) is 2. The summed E-state index contributed by atoms with van der Waals surface area (Å²) in [6.45, 7) is 8.40. The highest BCUT2D eigenvalue weighted by Gasteiger charge is 2.38. The first-order valence-electron chi connectivity index (χ1n) is 16.8. The Hall–Kier alpha value is -4.07. The van der Waals surface area contributed by atoms with Crippen LogP contribution in [0.25, 0.3) is 0 Å². The molecule has 6 unspecified atom stereocenters. The quantitative estimate of drug-likeness (QED) is 0.213. The highest BCUT2D eigenvalue weighted by molar-refractivity contribution is 6.32. The SMILES string of the molecule is COC1=C2CC(C)CC(OC)C(O)C(C)/C=C(\C)C(OC(N)=O)C(OC)/C=C\C=C(/C)C(=O)NC(=C(/C=N\N3CCCCCC3)C1=O)C2=O. The number of ether oxygens (including phenoxy) is 4. The molecule has 0 aromatic rings. The lowest BCUT2D eigenvalue weighted by Gasteiger charge is -2.30. The second-order valence-electron chi connectivity index (χ2n) is 12.9. The number of nitrogens with two attached hydrogens (primary N) is 1. The topological polar surface area (TPSA) is 179 Å². The summed E-state index contributed by atoms with van der Waals surface area (Å²) >= 11 is 0. The molecule has 3 aliphatic rings. The normalized spacial score (nSPS) is 31.4. The van der Waals surface area contributed by atoms with Crippen molar-refractivity contribution in [2.24, 2.45) is 22.7 Å². The molecule has 6 atom stereocenters. The van der Waals surface area contributed by atoms with E-state index in [9.17, 15) is 24.3 Å². The maximum Gasteiger partial charge on any atom is 0.405 e. The van der Waals surface area contributed by atoms with Crippen LogP contribution in [-0.4, -0.2) is 98.7 Å². The van der Waals surface area contributed by atoms with Crippen LogP contribution in [0, 0.1) is 11.8 Å². The van der Waals surface area contributed by atoms with E-state index in [1.807, 2.05) is 11.9 Å². The Kier molecular flexibility index (Phi) is 15.0. The fourth-order valence-corrected chi connectivity index (χ4v) is 6.30. The zero-order valence-corrected chi connectivity index (χ0v) is 29.7. The van der Waals surface area contributed by atoms with Crippen molar-refractivity contribution < 1.29 is 43.2 Å². The third-order valence-corrected chi connectivity index (χ3v) is 9.07. The lowest BCUT2D eigenvalue weighted by molar-refractivity contribution is -0.121. The number of Topliss-reactive ketones (excluding diaryl/α,β-unsaturated/α-hetero) is 2. The van der Waals surface area contributed by atoms with E-state index in [4.69, 9.17) is 24.7 Å². The molecule has 0 radical (unpaired) electrons. The molecule has 1 fully saturated rings. The lowest BCUT2D eigenvalue weighted by atomic mass is 9.84. The number of carbonyl (C=O) groups is 4. The molecule has 4 N–H and O–H groups in total. The van der Waals surface area contributed by atoms with Gasteiger partial charge in [-0.05, 0) is 51.0 Å².